The van der Waals surface area contributed by atoms with Gasteiger partial charge >= 0.3 is 0 Å². The summed E-state index contributed by atoms with van der Waals surface area (Å²) in [5.74, 6) is 0. The third-order valence-electron chi connectivity index (χ3n) is 5.38. The Morgan fingerprint density at radius 1 is 1.14 bits per heavy atom. The minimum Gasteiger partial charge on any atom is -0.343 e. The van der Waals surface area contributed by atoms with E-state index in [4.69, 9.17) is 0 Å². The Morgan fingerprint density at radius 2 is 1.86 bits per heavy atom. The third-order valence-corrected chi connectivity index (χ3v) is 5.84. The van der Waals surface area contributed by atoms with Gasteiger partial charge < -0.3 is 19.8 Å². The number of pyridine rings is 1. The minimum absolute atomic E-state index is 0.00534. The van der Waals surface area contributed by atoms with Crippen LogP contribution >= 0.6 is 15.9 Å². The van der Waals surface area contributed by atoms with E-state index in [1.54, 1.807) is 0 Å². The van der Waals surface area contributed by atoms with E-state index >= 15 is 0 Å². The second kappa shape index (κ2) is 8.86. The van der Waals surface area contributed by atoms with Crippen LogP contribution in [0.1, 0.15) is 40.9 Å². The van der Waals surface area contributed by atoms with Gasteiger partial charge in [0, 0.05) is 53.0 Å². The number of halogens is 1. The Bertz CT molecular complexity index is 1080. The zero-order chi connectivity index (χ0) is 21.3. The van der Waals surface area contributed by atoms with Gasteiger partial charge in [0.05, 0.1) is 5.52 Å². The smallest absolute Gasteiger partial charge is 0.252 e. The van der Waals surface area contributed by atoms with Crippen molar-refractivity contribution < 1.29 is 0 Å². The molecule has 0 fully saturated rings. The minimum atomic E-state index is -0.00534. The molecule has 0 aliphatic rings. The lowest BCUT2D eigenvalue weighted by atomic mass is 10.1. The lowest BCUT2D eigenvalue weighted by Gasteiger charge is -2.20. The van der Waals surface area contributed by atoms with Crippen molar-refractivity contribution >= 4 is 26.8 Å². The number of likely N-dealkylation sites (N-methyl/N-ethyl adjacent to an activating group) is 1. The maximum Gasteiger partial charge on any atom is 0.252 e. The number of nitrogens with one attached hydrogen (secondary N) is 2. The third kappa shape index (κ3) is 4.82. The Morgan fingerprint density at radius 3 is 2.52 bits per heavy atom. The highest BCUT2D eigenvalue weighted by molar-refractivity contribution is 9.10. The summed E-state index contributed by atoms with van der Waals surface area (Å²) in [4.78, 5) is 17.4. The zero-order valence-corrected chi connectivity index (χ0v) is 19.8. The molecule has 29 heavy (non-hydrogen) atoms. The number of aryl methyl sites for hydroxylation is 3. The Balaban J connectivity index is 1.88. The number of fused-ring (bicyclic) bond motifs is 1. The predicted octanol–water partition coefficient (Wildman–Crippen LogP) is 4.43. The largest absolute Gasteiger partial charge is 0.343 e. The molecular formula is C23H31BrN4O. The van der Waals surface area contributed by atoms with E-state index < -0.39 is 0 Å². The zero-order valence-electron chi connectivity index (χ0n) is 18.2. The fraction of sp³-hybridized carbons (Fsp3) is 0.435. The van der Waals surface area contributed by atoms with Crippen LogP contribution in [-0.2, 0) is 13.1 Å². The van der Waals surface area contributed by atoms with Gasteiger partial charge in [0.2, 0.25) is 0 Å². The fourth-order valence-corrected chi connectivity index (χ4v) is 4.69. The summed E-state index contributed by atoms with van der Waals surface area (Å²) >= 11 is 3.69. The van der Waals surface area contributed by atoms with Crippen molar-refractivity contribution in [3.8, 4) is 0 Å². The van der Waals surface area contributed by atoms with Crippen molar-refractivity contribution in [2.75, 3.05) is 20.6 Å². The van der Waals surface area contributed by atoms with Crippen molar-refractivity contribution in [3.63, 3.8) is 0 Å². The Labute approximate surface area is 181 Å². The number of aromatic nitrogens is 2. The average Bonchev–Trinajstić information content (AvgIpc) is 2.93. The first-order valence-electron chi connectivity index (χ1n) is 10.0. The molecule has 5 nitrogen and oxygen atoms in total. The molecule has 1 unspecified atom stereocenters. The summed E-state index contributed by atoms with van der Waals surface area (Å²) in [7, 11) is 4.21. The first-order valence-corrected chi connectivity index (χ1v) is 10.8. The lowest BCUT2D eigenvalue weighted by molar-refractivity contribution is 0.341. The van der Waals surface area contributed by atoms with E-state index in [2.05, 4.69) is 82.0 Å². The molecule has 0 radical (unpaired) electrons. The van der Waals surface area contributed by atoms with Gasteiger partial charge in [-0.1, -0.05) is 15.9 Å². The summed E-state index contributed by atoms with van der Waals surface area (Å²) < 4.78 is 3.44. The van der Waals surface area contributed by atoms with Crippen LogP contribution < -0.4 is 10.9 Å². The molecular weight excluding hydrogens is 428 g/mol. The predicted molar refractivity (Wildman–Crippen MR) is 125 cm³/mol. The van der Waals surface area contributed by atoms with Crippen LogP contribution in [-0.4, -0.2) is 35.1 Å². The molecule has 3 aromatic rings. The molecule has 6 heteroatoms. The van der Waals surface area contributed by atoms with Crippen LogP contribution in [0.15, 0.2) is 33.7 Å². The second-order valence-electron chi connectivity index (χ2n) is 8.34. The van der Waals surface area contributed by atoms with Gasteiger partial charge in [-0.2, -0.15) is 0 Å². The second-order valence-corrected chi connectivity index (χ2v) is 9.25. The van der Waals surface area contributed by atoms with Crippen LogP contribution in [0.5, 0.6) is 0 Å². The van der Waals surface area contributed by atoms with Gasteiger partial charge in [0.1, 0.15) is 0 Å². The van der Waals surface area contributed by atoms with Crippen LogP contribution in [0.3, 0.4) is 0 Å². The molecule has 1 atom stereocenters. The average molecular weight is 459 g/mol. The van der Waals surface area contributed by atoms with E-state index in [1.807, 2.05) is 19.9 Å². The number of H-pyrrole nitrogens is 1. The summed E-state index contributed by atoms with van der Waals surface area (Å²) in [5.41, 5.74) is 6.48. The topological polar surface area (TPSA) is 53.1 Å². The van der Waals surface area contributed by atoms with Gasteiger partial charge in [-0.15, -0.1) is 0 Å². The van der Waals surface area contributed by atoms with E-state index in [9.17, 15) is 4.79 Å². The van der Waals surface area contributed by atoms with Crippen molar-refractivity contribution in [2.24, 2.45) is 0 Å². The normalized spacial score (nSPS) is 12.8. The fourth-order valence-electron chi connectivity index (χ4n) is 4.19. The monoisotopic (exact) mass is 458 g/mol. The van der Waals surface area contributed by atoms with Crippen molar-refractivity contribution in [2.45, 2.75) is 46.8 Å². The van der Waals surface area contributed by atoms with Crippen LogP contribution in [0.4, 0.5) is 0 Å². The first kappa shape index (κ1) is 21.8. The standard InChI is InChI=1S/C23H31BrN4O/c1-14-7-16(3)26-23(29)20(14)11-25-10-18-8-19(24)9-21-22(18)15(2)12-28(21)17(4)13-27(5)6/h7-9,12,17,25H,10-11,13H2,1-6H3,(H,26,29). The van der Waals surface area contributed by atoms with Gasteiger partial charge in [-0.3, -0.25) is 4.79 Å². The molecule has 0 aliphatic heterocycles. The molecule has 0 saturated heterocycles. The Kier molecular flexibility index (Phi) is 6.66. The number of hydrogen-bond donors (Lipinski definition) is 2. The quantitative estimate of drug-likeness (QED) is 0.550. The summed E-state index contributed by atoms with van der Waals surface area (Å²) in [5, 5.41) is 4.77. The van der Waals surface area contributed by atoms with E-state index in [0.29, 0.717) is 19.1 Å². The van der Waals surface area contributed by atoms with Crippen LogP contribution in [0, 0.1) is 20.8 Å². The summed E-state index contributed by atoms with van der Waals surface area (Å²) in [6.45, 7) is 10.6. The van der Waals surface area contributed by atoms with Gasteiger partial charge in [0.15, 0.2) is 0 Å². The van der Waals surface area contributed by atoms with Gasteiger partial charge in [0.25, 0.3) is 5.56 Å². The van der Waals surface area contributed by atoms with Gasteiger partial charge in [-0.25, -0.2) is 0 Å². The van der Waals surface area contributed by atoms with E-state index in [0.717, 1.165) is 27.8 Å². The number of rotatable bonds is 7. The van der Waals surface area contributed by atoms with Crippen molar-refractivity contribution in [1.82, 2.24) is 19.8 Å². The summed E-state index contributed by atoms with van der Waals surface area (Å²) in [6, 6.07) is 6.78. The SMILES string of the molecule is Cc1cc(C)c(CNCc2cc(Br)cc3c2c(C)cn3C(C)CN(C)C)c(=O)[nH]1. The maximum atomic E-state index is 12.3. The van der Waals surface area contributed by atoms with Gasteiger partial charge in [-0.05, 0) is 76.7 Å². The Hall–Kier alpha value is -1.89. The molecule has 0 saturated carbocycles. The van der Waals surface area contributed by atoms with Crippen LogP contribution in [0.25, 0.3) is 10.9 Å². The highest BCUT2D eigenvalue weighted by Gasteiger charge is 2.16. The maximum absolute atomic E-state index is 12.3. The molecule has 0 bridgehead atoms. The molecule has 2 heterocycles. The van der Waals surface area contributed by atoms with E-state index in [1.165, 1.54) is 22.0 Å². The molecule has 2 aromatic heterocycles. The number of nitrogens with zero attached hydrogens (tertiary/aromatic N) is 2. The number of benzene rings is 1. The van der Waals surface area contributed by atoms with Crippen molar-refractivity contribution in [1.29, 1.82) is 0 Å². The molecule has 0 amide bonds. The van der Waals surface area contributed by atoms with Crippen LogP contribution in [0.2, 0.25) is 0 Å². The number of hydrogen-bond acceptors (Lipinski definition) is 3. The highest BCUT2D eigenvalue weighted by atomic mass is 79.9. The molecule has 2 N–H and O–H groups in total. The van der Waals surface area contributed by atoms with E-state index in [-0.39, 0.29) is 5.56 Å². The molecule has 156 valence electrons. The lowest BCUT2D eigenvalue weighted by Crippen LogP contribution is -2.23. The molecule has 0 aliphatic carbocycles. The number of aromatic amines is 1. The molecule has 0 spiro atoms. The summed E-state index contributed by atoms with van der Waals surface area (Å²) in [6.07, 6.45) is 2.25. The molecule has 3 rings (SSSR count). The first-order chi connectivity index (χ1) is 13.7. The molecule has 1 aromatic carbocycles. The van der Waals surface area contributed by atoms with Crippen molar-refractivity contribution in [3.05, 3.63) is 67.2 Å². The highest BCUT2D eigenvalue weighted by Crippen LogP contribution is 2.31.